The van der Waals surface area contributed by atoms with Gasteiger partial charge in [-0.25, -0.2) is 0 Å². The standard InChI is InChI=1S/AsH3O3.2K.Na.3H/c2-1(3)4;;;;;;/h1H,(H2,2,3,4);;;;;;/q;3*+1;3*-1. The molecule has 0 fully saturated rings. The summed E-state index contributed by atoms with van der Waals surface area (Å²) in [6, 6.07) is 0. The summed E-state index contributed by atoms with van der Waals surface area (Å²) in [5.74, 6) is 0. The Morgan fingerprint density at radius 2 is 1.29 bits per heavy atom. The molecule has 0 atom stereocenters. The average molecular weight is 230 g/mol. The first kappa shape index (κ1) is 22.6. The van der Waals surface area contributed by atoms with E-state index in [0.29, 0.717) is 0 Å². The van der Waals surface area contributed by atoms with Gasteiger partial charge in [-0.3, -0.25) is 0 Å². The summed E-state index contributed by atoms with van der Waals surface area (Å²) in [6.07, 6.45) is 0. The predicted molar refractivity (Wildman–Crippen MR) is 15.6 cm³/mol. The molecule has 0 heterocycles. The normalized spacial score (nSPS) is 5.00. The van der Waals surface area contributed by atoms with Crippen LogP contribution in [0.2, 0.25) is 0 Å². The van der Waals surface area contributed by atoms with Gasteiger partial charge in [-0.2, -0.15) is 0 Å². The number of hydrogen-bond donors (Lipinski definition) is 2. The van der Waals surface area contributed by atoms with Gasteiger partial charge in [0, 0.05) is 0 Å². The Labute approximate surface area is 159 Å². The average Bonchev–Trinajstić information content (AvgIpc) is 0.811. The molecule has 0 saturated carbocycles. The minimum Gasteiger partial charge on any atom is -1.00 e. The molecular formula is H6AsK2NaO3. The summed E-state index contributed by atoms with van der Waals surface area (Å²) >= 11 is -3.58. The maximum atomic E-state index is 8.81. The summed E-state index contributed by atoms with van der Waals surface area (Å²) in [5, 5.41) is 0. The third-order valence-corrected chi connectivity index (χ3v) is 0. The van der Waals surface area contributed by atoms with Crippen molar-refractivity contribution in [2.75, 3.05) is 0 Å². The van der Waals surface area contributed by atoms with Crippen molar-refractivity contribution < 1.29 is 149 Å². The molecule has 0 aromatic carbocycles. The van der Waals surface area contributed by atoms with Crippen LogP contribution in [0, 0.1) is 0 Å². The van der Waals surface area contributed by atoms with E-state index in [0.717, 1.165) is 0 Å². The molecule has 0 aliphatic carbocycles. The van der Waals surface area contributed by atoms with Crippen molar-refractivity contribution >= 4 is 15.3 Å². The largest absolute Gasteiger partial charge is 1.00 e. The Hall–Kier alpha value is 4.55. The first-order valence-electron chi connectivity index (χ1n) is 0.651. The van der Waals surface area contributed by atoms with Gasteiger partial charge >= 0.3 is 160 Å². The number of hydrogen-bond acceptors (Lipinski definition) is 1. The van der Waals surface area contributed by atoms with Crippen molar-refractivity contribution in [1.82, 2.24) is 0 Å². The second kappa shape index (κ2) is 16.9. The van der Waals surface area contributed by atoms with Crippen molar-refractivity contribution in [1.29, 1.82) is 0 Å². The molecule has 32 valence electrons. The smallest absolute Gasteiger partial charge is 1.00 e. The summed E-state index contributed by atoms with van der Waals surface area (Å²) < 4.78 is 23.2. The van der Waals surface area contributed by atoms with Gasteiger partial charge in [0.1, 0.15) is 0 Å². The first-order valence-corrected chi connectivity index (χ1v) is 3.38. The minimum absolute atomic E-state index is 0. The Kier molecular flexibility index (Phi) is 54.4. The zero-order chi connectivity index (χ0) is 3.58. The van der Waals surface area contributed by atoms with Crippen molar-refractivity contribution in [3.63, 3.8) is 0 Å². The van der Waals surface area contributed by atoms with Crippen LogP contribution in [0.25, 0.3) is 0 Å². The maximum Gasteiger partial charge on any atom is 1.00 e. The quantitative estimate of drug-likeness (QED) is 0.406. The van der Waals surface area contributed by atoms with Crippen LogP contribution in [0.15, 0.2) is 0 Å². The molecule has 3 nitrogen and oxygen atoms in total. The van der Waals surface area contributed by atoms with E-state index in [4.69, 9.17) is 11.9 Å². The van der Waals surface area contributed by atoms with E-state index in [9.17, 15) is 0 Å². The van der Waals surface area contributed by atoms with Crippen molar-refractivity contribution in [2.45, 2.75) is 0 Å². The molecule has 0 aromatic rings. The van der Waals surface area contributed by atoms with Crippen LogP contribution in [0.4, 0.5) is 0 Å². The van der Waals surface area contributed by atoms with E-state index in [1.165, 1.54) is 0 Å². The van der Waals surface area contributed by atoms with Gasteiger partial charge < -0.3 is 4.28 Å². The molecule has 0 unspecified atom stereocenters. The predicted octanol–water partition coefficient (Wildman–Crippen LogP) is -10.5. The fourth-order valence-electron chi connectivity index (χ4n) is 0. The van der Waals surface area contributed by atoms with Crippen molar-refractivity contribution in [2.24, 2.45) is 0 Å². The fraction of sp³-hybridized carbons (Fsp3) is 0. The molecular weight excluding hydrogens is 224 g/mol. The van der Waals surface area contributed by atoms with Gasteiger partial charge in [0.25, 0.3) is 0 Å². The molecule has 0 spiro atoms. The number of rotatable bonds is 0. The molecule has 0 amide bonds. The molecule has 0 rings (SSSR count). The molecule has 0 aromatic heterocycles. The molecule has 0 saturated heterocycles. The van der Waals surface area contributed by atoms with Gasteiger partial charge in [-0.1, -0.05) is 0 Å². The third-order valence-electron chi connectivity index (χ3n) is 0. The van der Waals surface area contributed by atoms with E-state index in [1.807, 2.05) is 0 Å². The van der Waals surface area contributed by atoms with Gasteiger partial charge in [-0.15, -0.1) is 0 Å². The van der Waals surface area contributed by atoms with Gasteiger partial charge in [-0.05, 0) is 0 Å². The van der Waals surface area contributed by atoms with Crippen LogP contribution in [-0.2, 0) is 3.74 Å². The van der Waals surface area contributed by atoms with E-state index in [2.05, 4.69) is 0 Å². The second-order valence-corrected chi connectivity index (χ2v) is 1.47. The molecule has 7 heteroatoms. The second-order valence-electron chi connectivity index (χ2n) is 0.283. The summed E-state index contributed by atoms with van der Waals surface area (Å²) in [4.78, 5) is 0. The fourth-order valence-corrected chi connectivity index (χ4v) is 0. The van der Waals surface area contributed by atoms with Gasteiger partial charge in [0.2, 0.25) is 0 Å². The van der Waals surface area contributed by atoms with E-state index >= 15 is 0 Å². The van der Waals surface area contributed by atoms with E-state index in [-0.39, 0.29) is 137 Å². The SMILES string of the molecule is O=[AsH](O)O.[H-].[H-].[H-].[K+].[K+].[Na+]. The van der Waals surface area contributed by atoms with Gasteiger partial charge in [0.15, 0.2) is 0 Å². The van der Waals surface area contributed by atoms with Crippen LogP contribution in [-0.4, -0.2) is 23.5 Å². The zero-order valence-corrected chi connectivity index (χ0v) is 15.1. The van der Waals surface area contributed by atoms with Crippen LogP contribution in [0.5, 0.6) is 0 Å². The maximum absolute atomic E-state index is 8.81. The topological polar surface area (TPSA) is 57.5 Å². The first-order chi connectivity index (χ1) is 1.73. The monoisotopic (exact) mass is 230 g/mol. The Morgan fingerprint density at radius 1 is 1.29 bits per heavy atom. The molecule has 0 aliphatic heterocycles. The summed E-state index contributed by atoms with van der Waals surface area (Å²) in [7, 11) is 0. The minimum atomic E-state index is -3.58. The van der Waals surface area contributed by atoms with E-state index in [1.54, 1.807) is 0 Å². The van der Waals surface area contributed by atoms with Crippen LogP contribution in [0.1, 0.15) is 4.28 Å². The summed E-state index contributed by atoms with van der Waals surface area (Å²) in [5.41, 5.74) is 0. The Balaban J connectivity index is -0.00000000300. The Bertz CT molecular complexity index is 44.7. The molecule has 7 heavy (non-hydrogen) atoms. The molecule has 0 aliphatic rings. The van der Waals surface area contributed by atoms with E-state index < -0.39 is 15.3 Å². The van der Waals surface area contributed by atoms with Gasteiger partial charge in [0.05, 0.1) is 0 Å². The van der Waals surface area contributed by atoms with Crippen LogP contribution < -0.4 is 132 Å². The Morgan fingerprint density at radius 3 is 1.29 bits per heavy atom. The van der Waals surface area contributed by atoms with Crippen molar-refractivity contribution in [3.05, 3.63) is 0 Å². The molecule has 0 radical (unpaired) electrons. The van der Waals surface area contributed by atoms with Crippen LogP contribution in [0.3, 0.4) is 0 Å². The molecule has 0 bridgehead atoms. The third kappa shape index (κ3) is 37.2. The molecule has 2 N–H and O–H groups in total. The summed E-state index contributed by atoms with van der Waals surface area (Å²) in [6.45, 7) is 0. The van der Waals surface area contributed by atoms with Crippen molar-refractivity contribution in [3.8, 4) is 0 Å². The van der Waals surface area contributed by atoms with Crippen LogP contribution >= 0.6 is 0 Å². The zero-order valence-electron chi connectivity index (χ0n) is 7.80.